The van der Waals surface area contributed by atoms with Crippen LogP contribution >= 0.6 is 11.6 Å². The molecule has 140 valence electrons. The van der Waals surface area contributed by atoms with E-state index >= 15 is 0 Å². The molecule has 5 heteroatoms. The van der Waals surface area contributed by atoms with Crippen molar-refractivity contribution in [3.05, 3.63) is 58.6 Å². The number of rotatable bonds is 7. The van der Waals surface area contributed by atoms with E-state index in [1.807, 2.05) is 24.3 Å². The van der Waals surface area contributed by atoms with Crippen LogP contribution in [0.4, 0.5) is 0 Å². The van der Waals surface area contributed by atoms with E-state index in [9.17, 15) is 0 Å². The highest BCUT2D eigenvalue weighted by atomic mass is 35.5. The lowest BCUT2D eigenvalue weighted by Gasteiger charge is -2.32. The third kappa shape index (κ3) is 5.13. The quantitative estimate of drug-likeness (QED) is 0.790. The predicted octanol–water partition coefficient (Wildman–Crippen LogP) is 4.11. The van der Waals surface area contributed by atoms with Crippen LogP contribution in [0.2, 0.25) is 5.02 Å². The van der Waals surface area contributed by atoms with E-state index in [4.69, 9.17) is 21.1 Å². The zero-order valence-corrected chi connectivity index (χ0v) is 16.3. The van der Waals surface area contributed by atoms with E-state index in [1.165, 1.54) is 5.56 Å². The molecule has 2 aromatic rings. The Labute approximate surface area is 161 Å². The van der Waals surface area contributed by atoms with Gasteiger partial charge < -0.3 is 14.8 Å². The van der Waals surface area contributed by atoms with Crippen LogP contribution in [0.25, 0.3) is 0 Å². The van der Waals surface area contributed by atoms with Crippen LogP contribution in [0.15, 0.2) is 42.5 Å². The molecule has 0 aliphatic carbocycles. The maximum Gasteiger partial charge on any atom is 0.127 e. The van der Waals surface area contributed by atoms with E-state index < -0.39 is 0 Å². The minimum Gasteiger partial charge on any atom is -0.497 e. The normalized spacial score (nSPS) is 15.8. The Morgan fingerprint density at radius 3 is 2.42 bits per heavy atom. The highest BCUT2D eigenvalue weighted by molar-refractivity contribution is 6.30. The highest BCUT2D eigenvalue weighted by Crippen LogP contribution is 2.25. The number of halogens is 1. The monoisotopic (exact) mass is 374 g/mol. The number of hydrogen-bond donors (Lipinski definition) is 1. The molecule has 0 aromatic heterocycles. The highest BCUT2D eigenvalue weighted by Gasteiger charge is 2.19. The molecule has 0 unspecified atom stereocenters. The summed E-state index contributed by atoms with van der Waals surface area (Å²) in [6.07, 6.45) is 2.32. The molecule has 1 fully saturated rings. The molecule has 3 rings (SSSR count). The third-order valence-corrected chi connectivity index (χ3v) is 5.23. The minimum atomic E-state index is 0.545. The molecule has 4 nitrogen and oxygen atoms in total. The predicted molar refractivity (Wildman–Crippen MR) is 106 cm³/mol. The van der Waals surface area contributed by atoms with Gasteiger partial charge in [0.25, 0.3) is 0 Å². The standard InChI is InChI=1S/C21H27ClN2O2/c1-25-20-8-5-17(21(13-20)26-2)14-23-19-9-11-24(12-10-19)15-16-3-6-18(22)7-4-16/h3-8,13,19,23H,9-12,14-15H2,1-2H3. The largest absolute Gasteiger partial charge is 0.497 e. The van der Waals surface area contributed by atoms with Gasteiger partial charge >= 0.3 is 0 Å². The second-order valence-corrected chi connectivity index (χ2v) is 7.17. The summed E-state index contributed by atoms with van der Waals surface area (Å²) in [5.74, 6) is 1.69. The molecule has 0 saturated carbocycles. The second-order valence-electron chi connectivity index (χ2n) is 6.74. The van der Waals surface area contributed by atoms with Crippen LogP contribution in [0.3, 0.4) is 0 Å². The van der Waals surface area contributed by atoms with Crippen molar-refractivity contribution in [2.75, 3.05) is 27.3 Å². The van der Waals surface area contributed by atoms with Gasteiger partial charge in [0.1, 0.15) is 11.5 Å². The molecule has 1 heterocycles. The van der Waals surface area contributed by atoms with Crippen molar-refractivity contribution in [2.24, 2.45) is 0 Å². The van der Waals surface area contributed by atoms with Crippen LogP contribution in [0.1, 0.15) is 24.0 Å². The van der Waals surface area contributed by atoms with Crippen molar-refractivity contribution in [1.82, 2.24) is 10.2 Å². The Morgan fingerprint density at radius 2 is 1.77 bits per heavy atom. The molecular weight excluding hydrogens is 348 g/mol. The molecular formula is C21H27ClN2O2. The van der Waals surface area contributed by atoms with Gasteiger partial charge in [-0.3, -0.25) is 4.90 Å². The summed E-state index contributed by atoms with van der Waals surface area (Å²) in [5, 5.41) is 4.47. The van der Waals surface area contributed by atoms with E-state index in [0.29, 0.717) is 6.04 Å². The fourth-order valence-corrected chi connectivity index (χ4v) is 3.52. The summed E-state index contributed by atoms with van der Waals surface area (Å²) in [6, 6.07) is 14.7. The number of benzene rings is 2. The molecule has 0 spiro atoms. The van der Waals surface area contributed by atoms with Gasteiger partial charge in [-0.1, -0.05) is 29.8 Å². The Balaban J connectivity index is 1.46. The first-order valence-corrected chi connectivity index (χ1v) is 9.47. The Hall–Kier alpha value is -1.75. The summed E-state index contributed by atoms with van der Waals surface area (Å²) in [5.41, 5.74) is 2.49. The lowest BCUT2D eigenvalue weighted by molar-refractivity contribution is 0.190. The number of nitrogens with one attached hydrogen (secondary N) is 1. The molecule has 0 radical (unpaired) electrons. The molecule has 0 amide bonds. The van der Waals surface area contributed by atoms with Gasteiger partial charge in [-0.2, -0.15) is 0 Å². The lowest BCUT2D eigenvalue weighted by atomic mass is 10.0. The van der Waals surface area contributed by atoms with Crippen molar-refractivity contribution in [3.63, 3.8) is 0 Å². The summed E-state index contributed by atoms with van der Waals surface area (Å²) in [7, 11) is 3.37. The molecule has 1 aliphatic rings. The molecule has 1 N–H and O–H groups in total. The third-order valence-electron chi connectivity index (χ3n) is 4.98. The Morgan fingerprint density at radius 1 is 1.04 bits per heavy atom. The van der Waals surface area contributed by atoms with Gasteiger partial charge in [0, 0.05) is 35.8 Å². The number of hydrogen-bond acceptors (Lipinski definition) is 4. The van der Waals surface area contributed by atoms with E-state index in [1.54, 1.807) is 14.2 Å². The summed E-state index contributed by atoms with van der Waals surface area (Å²) in [4.78, 5) is 2.51. The molecule has 1 saturated heterocycles. The maximum atomic E-state index is 5.96. The van der Waals surface area contributed by atoms with Crippen LogP contribution < -0.4 is 14.8 Å². The number of nitrogens with zero attached hydrogens (tertiary/aromatic N) is 1. The SMILES string of the molecule is COc1ccc(CNC2CCN(Cc3ccc(Cl)cc3)CC2)c(OC)c1. The van der Waals surface area contributed by atoms with Gasteiger partial charge in [-0.05, 0) is 49.7 Å². The first-order valence-electron chi connectivity index (χ1n) is 9.09. The summed E-state index contributed by atoms with van der Waals surface area (Å²) >= 11 is 5.96. The Kier molecular flexibility index (Phi) is 6.78. The zero-order chi connectivity index (χ0) is 18.4. The number of piperidine rings is 1. The van der Waals surface area contributed by atoms with Crippen LogP contribution in [-0.2, 0) is 13.1 Å². The first-order chi connectivity index (χ1) is 12.7. The van der Waals surface area contributed by atoms with Crippen molar-refractivity contribution in [2.45, 2.75) is 32.0 Å². The summed E-state index contributed by atoms with van der Waals surface area (Å²) in [6.45, 7) is 4.03. The van der Waals surface area contributed by atoms with Crippen LogP contribution in [0.5, 0.6) is 11.5 Å². The molecule has 2 aromatic carbocycles. The van der Waals surface area contributed by atoms with Crippen LogP contribution in [0, 0.1) is 0 Å². The molecule has 0 bridgehead atoms. The molecule has 0 atom stereocenters. The molecule has 1 aliphatic heterocycles. The van der Waals surface area contributed by atoms with E-state index in [-0.39, 0.29) is 0 Å². The van der Waals surface area contributed by atoms with E-state index in [2.05, 4.69) is 28.4 Å². The maximum absolute atomic E-state index is 5.96. The van der Waals surface area contributed by atoms with E-state index in [0.717, 1.165) is 61.1 Å². The second kappa shape index (κ2) is 9.26. The van der Waals surface area contributed by atoms with Gasteiger partial charge in [-0.15, -0.1) is 0 Å². The number of methoxy groups -OCH3 is 2. The smallest absolute Gasteiger partial charge is 0.127 e. The minimum absolute atomic E-state index is 0.545. The van der Waals surface area contributed by atoms with Gasteiger partial charge in [0.15, 0.2) is 0 Å². The van der Waals surface area contributed by atoms with Gasteiger partial charge in [0.2, 0.25) is 0 Å². The average molecular weight is 375 g/mol. The zero-order valence-electron chi connectivity index (χ0n) is 15.5. The summed E-state index contributed by atoms with van der Waals surface area (Å²) < 4.78 is 10.7. The van der Waals surface area contributed by atoms with Gasteiger partial charge in [-0.25, -0.2) is 0 Å². The fraction of sp³-hybridized carbons (Fsp3) is 0.429. The average Bonchev–Trinajstić information content (AvgIpc) is 2.69. The Bertz CT molecular complexity index is 698. The first kappa shape index (κ1) is 19.0. The molecule has 26 heavy (non-hydrogen) atoms. The number of ether oxygens (including phenoxy) is 2. The van der Waals surface area contributed by atoms with Crippen molar-refractivity contribution in [3.8, 4) is 11.5 Å². The number of likely N-dealkylation sites (tertiary alicyclic amines) is 1. The van der Waals surface area contributed by atoms with Crippen LogP contribution in [-0.4, -0.2) is 38.3 Å². The van der Waals surface area contributed by atoms with Crippen molar-refractivity contribution in [1.29, 1.82) is 0 Å². The van der Waals surface area contributed by atoms with Gasteiger partial charge in [0.05, 0.1) is 14.2 Å². The fourth-order valence-electron chi connectivity index (χ4n) is 3.40. The lowest BCUT2D eigenvalue weighted by Crippen LogP contribution is -2.41. The topological polar surface area (TPSA) is 33.7 Å². The van der Waals surface area contributed by atoms with Crippen molar-refractivity contribution < 1.29 is 9.47 Å². The van der Waals surface area contributed by atoms with Crippen molar-refractivity contribution >= 4 is 11.6 Å².